The first-order chi connectivity index (χ1) is 8.53. The van der Waals surface area contributed by atoms with Gasteiger partial charge in [-0.15, -0.1) is 0 Å². The summed E-state index contributed by atoms with van der Waals surface area (Å²) in [6.45, 7) is 0.148. The minimum Gasteiger partial charge on any atom is -0.320 e. The number of nitrogens with two attached hydrogens (primary N) is 1. The van der Waals surface area contributed by atoms with E-state index in [1.165, 1.54) is 12.1 Å². The summed E-state index contributed by atoms with van der Waals surface area (Å²) in [5.41, 5.74) is 5.62. The minimum atomic E-state index is -3.36. The van der Waals surface area contributed by atoms with Crippen LogP contribution < -0.4 is 10.5 Å². The number of hydrogen-bond acceptors (Lipinski definition) is 3. The Bertz CT molecular complexity index is 613. The molecular formula is C12H13FN2O2S. The first-order valence-electron chi connectivity index (χ1n) is 5.53. The van der Waals surface area contributed by atoms with Gasteiger partial charge in [0.05, 0.1) is 23.0 Å². The van der Waals surface area contributed by atoms with E-state index in [2.05, 4.69) is 16.6 Å². The molecule has 1 aromatic rings. The van der Waals surface area contributed by atoms with Gasteiger partial charge in [0.2, 0.25) is 10.0 Å². The molecule has 1 saturated carbocycles. The molecule has 0 aliphatic heterocycles. The van der Waals surface area contributed by atoms with Crippen LogP contribution in [0.4, 0.5) is 10.1 Å². The maximum atomic E-state index is 13.6. The van der Waals surface area contributed by atoms with E-state index in [0.29, 0.717) is 12.8 Å². The van der Waals surface area contributed by atoms with Crippen molar-refractivity contribution in [3.05, 3.63) is 29.6 Å². The molecule has 0 amide bonds. The van der Waals surface area contributed by atoms with E-state index in [9.17, 15) is 12.8 Å². The Labute approximate surface area is 105 Å². The number of hydrogen-bond donors (Lipinski definition) is 2. The molecule has 0 heterocycles. The molecule has 0 radical (unpaired) electrons. The van der Waals surface area contributed by atoms with E-state index in [4.69, 9.17) is 5.73 Å². The summed E-state index contributed by atoms with van der Waals surface area (Å²) < 4.78 is 39.3. The zero-order chi connectivity index (χ0) is 13.2. The average Bonchev–Trinajstić information content (AvgIpc) is 3.11. The fourth-order valence-corrected chi connectivity index (χ4v) is 2.83. The van der Waals surface area contributed by atoms with Gasteiger partial charge in [0.25, 0.3) is 0 Å². The molecule has 1 aliphatic carbocycles. The summed E-state index contributed by atoms with van der Waals surface area (Å²) in [4.78, 5) is 0. The van der Waals surface area contributed by atoms with Gasteiger partial charge in [0.15, 0.2) is 0 Å². The number of rotatable bonds is 3. The molecule has 1 fully saturated rings. The summed E-state index contributed by atoms with van der Waals surface area (Å²) in [5, 5.41) is -0.336. The van der Waals surface area contributed by atoms with Gasteiger partial charge >= 0.3 is 0 Å². The zero-order valence-corrected chi connectivity index (χ0v) is 10.4. The quantitative estimate of drug-likeness (QED) is 0.805. The molecule has 0 saturated heterocycles. The lowest BCUT2D eigenvalue weighted by Crippen LogP contribution is -2.17. The van der Waals surface area contributed by atoms with Crippen LogP contribution in [0.15, 0.2) is 18.2 Å². The van der Waals surface area contributed by atoms with Crippen molar-refractivity contribution in [3.63, 3.8) is 0 Å². The molecule has 18 heavy (non-hydrogen) atoms. The van der Waals surface area contributed by atoms with Crippen molar-refractivity contribution in [2.75, 3.05) is 11.3 Å². The Morgan fingerprint density at radius 1 is 1.44 bits per heavy atom. The van der Waals surface area contributed by atoms with Crippen LogP contribution in [0.2, 0.25) is 0 Å². The van der Waals surface area contributed by atoms with Crippen LogP contribution in [0.3, 0.4) is 0 Å². The van der Waals surface area contributed by atoms with Crippen LogP contribution in [0.5, 0.6) is 0 Å². The van der Waals surface area contributed by atoms with Gasteiger partial charge in [-0.3, -0.25) is 4.72 Å². The predicted molar refractivity (Wildman–Crippen MR) is 67.9 cm³/mol. The second-order valence-electron chi connectivity index (χ2n) is 4.05. The van der Waals surface area contributed by atoms with Gasteiger partial charge < -0.3 is 5.73 Å². The van der Waals surface area contributed by atoms with Crippen LogP contribution >= 0.6 is 0 Å². The molecule has 3 N–H and O–H groups in total. The Hall–Kier alpha value is -1.58. The maximum absolute atomic E-state index is 13.6. The second-order valence-corrected chi connectivity index (χ2v) is 6.01. The molecular weight excluding hydrogens is 255 g/mol. The van der Waals surface area contributed by atoms with E-state index >= 15 is 0 Å². The number of benzene rings is 1. The van der Waals surface area contributed by atoms with Gasteiger partial charge in [-0.1, -0.05) is 11.8 Å². The minimum absolute atomic E-state index is 0.148. The summed E-state index contributed by atoms with van der Waals surface area (Å²) >= 11 is 0. The summed E-state index contributed by atoms with van der Waals surface area (Å²) in [7, 11) is -3.36. The van der Waals surface area contributed by atoms with Crippen LogP contribution in [0.1, 0.15) is 18.4 Å². The van der Waals surface area contributed by atoms with Gasteiger partial charge in [0.1, 0.15) is 5.82 Å². The summed E-state index contributed by atoms with van der Waals surface area (Å²) in [6.07, 6.45) is 1.33. The molecule has 2 rings (SSSR count). The number of nitrogens with one attached hydrogen (secondary N) is 1. The molecule has 0 aromatic heterocycles. The van der Waals surface area contributed by atoms with Gasteiger partial charge in [-0.05, 0) is 31.0 Å². The third-order valence-corrected chi connectivity index (χ3v) is 4.39. The van der Waals surface area contributed by atoms with E-state index in [1.807, 2.05) is 0 Å². The second kappa shape index (κ2) is 4.96. The van der Waals surface area contributed by atoms with Crippen molar-refractivity contribution in [1.82, 2.24) is 0 Å². The van der Waals surface area contributed by atoms with E-state index in [0.717, 1.165) is 6.07 Å². The SMILES string of the molecule is NCC#Cc1ccc(NS(=O)(=O)C2CC2)cc1F. The molecule has 0 bridgehead atoms. The topological polar surface area (TPSA) is 72.2 Å². The van der Waals surface area contributed by atoms with E-state index in [1.54, 1.807) is 0 Å². The highest BCUT2D eigenvalue weighted by Gasteiger charge is 2.35. The van der Waals surface area contributed by atoms with Crippen molar-refractivity contribution in [3.8, 4) is 11.8 Å². The Balaban J connectivity index is 2.18. The van der Waals surface area contributed by atoms with Gasteiger partial charge in [-0.25, -0.2) is 12.8 Å². The third kappa shape index (κ3) is 3.00. The molecule has 1 aromatic carbocycles. The first-order valence-corrected chi connectivity index (χ1v) is 7.07. The highest BCUT2D eigenvalue weighted by Crippen LogP contribution is 2.29. The third-order valence-electron chi connectivity index (χ3n) is 2.52. The lowest BCUT2D eigenvalue weighted by Gasteiger charge is -2.07. The highest BCUT2D eigenvalue weighted by atomic mass is 32.2. The fraction of sp³-hybridized carbons (Fsp3) is 0.333. The lowest BCUT2D eigenvalue weighted by molar-refractivity contribution is 0.600. The Morgan fingerprint density at radius 3 is 2.72 bits per heavy atom. The maximum Gasteiger partial charge on any atom is 0.235 e. The summed E-state index contributed by atoms with van der Waals surface area (Å²) in [6, 6.07) is 4.05. The molecule has 6 heteroatoms. The van der Waals surface area contributed by atoms with Crippen LogP contribution in [-0.4, -0.2) is 20.2 Å². The predicted octanol–water partition coefficient (Wildman–Crippen LogP) is 1.04. The molecule has 0 spiro atoms. The number of sulfonamides is 1. The van der Waals surface area contributed by atoms with Crippen molar-refractivity contribution >= 4 is 15.7 Å². The van der Waals surface area contributed by atoms with E-state index in [-0.39, 0.29) is 23.0 Å². The highest BCUT2D eigenvalue weighted by molar-refractivity contribution is 7.93. The van der Waals surface area contributed by atoms with Crippen molar-refractivity contribution in [1.29, 1.82) is 0 Å². The Morgan fingerprint density at radius 2 is 2.17 bits per heavy atom. The van der Waals surface area contributed by atoms with Crippen LogP contribution in [0, 0.1) is 17.7 Å². The number of halogens is 1. The molecule has 0 unspecified atom stereocenters. The fourth-order valence-electron chi connectivity index (χ4n) is 1.45. The van der Waals surface area contributed by atoms with Crippen molar-refractivity contribution < 1.29 is 12.8 Å². The molecule has 0 atom stereocenters. The monoisotopic (exact) mass is 268 g/mol. The molecule has 4 nitrogen and oxygen atoms in total. The molecule has 96 valence electrons. The van der Waals surface area contributed by atoms with E-state index < -0.39 is 15.8 Å². The number of anilines is 1. The average molecular weight is 268 g/mol. The normalized spacial score (nSPS) is 14.8. The first kappa shape index (κ1) is 12.9. The van der Waals surface area contributed by atoms with Gasteiger partial charge in [0, 0.05) is 0 Å². The summed E-state index contributed by atoms with van der Waals surface area (Å²) in [5.74, 6) is 4.55. The smallest absolute Gasteiger partial charge is 0.235 e. The standard InChI is InChI=1S/C12H13FN2O2S/c13-12-8-10(4-3-9(12)2-1-7-14)15-18(16,17)11-5-6-11/h3-4,8,11,15H,5-7,14H2. The van der Waals surface area contributed by atoms with Crippen molar-refractivity contribution in [2.24, 2.45) is 5.73 Å². The Kier molecular flexibility index (Phi) is 3.55. The lowest BCUT2D eigenvalue weighted by atomic mass is 10.2. The van der Waals surface area contributed by atoms with Gasteiger partial charge in [-0.2, -0.15) is 0 Å². The van der Waals surface area contributed by atoms with Crippen molar-refractivity contribution in [2.45, 2.75) is 18.1 Å². The van der Waals surface area contributed by atoms with Crippen LogP contribution in [-0.2, 0) is 10.0 Å². The van der Waals surface area contributed by atoms with Crippen LogP contribution in [0.25, 0.3) is 0 Å². The molecule has 1 aliphatic rings. The zero-order valence-electron chi connectivity index (χ0n) is 9.61. The largest absolute Gasteiger partial charge is 0.320 e.